The van der Waals surface area contributed by atoms with Gasteiger partial charge in [-0.15, -0.1) is 0 Å². The van der Waals surface area contributed by atoms with Crippen LogP contribution in [0, 0.1) is 0 Å². The highest BCUT2D eigenvalue weighted by molar-refractivity contribution is 5.14. The van der Waals surface area contributed by atoms with E-state index in [0.717, 1.165) is 13.1 Å². The zero-order valence-corrected chi connectivity index (χ0v) is 10.4. The molecule has 1 atom stereocenters. The van der Waals surface area contributed by atoms with Gasteiger partial charge in [0.1, 0.15) is 0 Å². The van der Waals surface area contributed by atoms with E-state index in [0.29, 0.717) is 5.54 Å². The highest BCUT2D eigenvalue weighted by Gasteiger charge is 2.28. The lowest BCUT2D eigenvalue weighted by Crippen LogP contribution is -2.53. The summed E-state index contributed by atoms with van der Waals surface area (Å²) in [5, 5.41) is 3.45. The van der Waals surface area contributed by atoms with Crippen LogP contribution >= 0.6 is 0 Å². The van der Waals surface area contributed by atoms with Gasteiger partial charge in [0.05, 0.1) is 0 Å². The Morgan fingerprint density at radius 3 is 2.75 bits per heavy atom. The minimum atomic E-state index is 0.299. The molecule has 0 aromatic heterocycles. The molecule has 0 aliphatic carbocycles. The first-order chi connectivity index (χ1) is 7.72. The van der Waals surface area contributed by atoms with Crippen molar-refractivity contribution in [2.24, 2.45) is 0 Å². The molecule has 0 amide bonds. The number of benzene rings is 1. The van der Waals surface area contributed by atoms with Crippen molar-refractivity contribution in [1.29, 1.82) is 0 Å². The smallest absolute Gasteiger partial charge is 0.0278 e. The van der Waals surface area contributed by atoms with Gasteiger partial charge in [0.25, 0.3) is 0 Å². The summed E-state index contributed by atoms with van der Waals surface area (Å²) in [6, 6.07) is 10.8. The van der Waals surface area contributed by atoms with Gasteiger partial charge in [0.2, 0.25) is 0 Å². The first-order valence-corrected chi connectivity index (χ1v) is 6.17. The number of likely N-dealkylation sites (N-methyl/N-ethyl adjacent to an activating group) is 1. The lowest BCUT2D eigenvalue weighted by molar-refractivity contribution is 0.133. The lowest BCUT2D eigenvalue weighted by Gasteiger charge is -2.40. The third-order valence-electron chi connectivity index (χ3n) is 3.63. The second kappa shape index (κ2) is 4.98. The van der Waals surface area contributed by atoms with Crippen molar-refractivity contribution >= 4 is 0 Å². The Morgan fingerprint density at radius 2 is 2.06 bits per heavy atom. The Hall–Kier alpha value is -0.860. The second-order valence-corrected chi connectivity index (χ2v) is 5.11. The Kier molecular flexibility index (Phi) is 3.62. The highest BCUT2D eigenvalue weighted by atomic mass is 15.2. The molecule has 0 saturated carbocycles. The molecule has 2 nitrogen and oxygen atoms in total. The molecule has 1 aromatic rings. The summed E-state index contributed by atoms with van der Waals surface area (Å²) in [7, 11) is 2.08. The van der Waals surface area contributed by atoms with E-state index in [1.807, 2.05) is 0 Å². The van der Waals surface area contributed by atoms with Crippen molar-refractivity contribution < 1.29 is 0 Å². The minimum Gasteiger partial charge on any atom is -0.313 e. The number of likely N-dealkylation sites (tertiary alicyclic amines) is 1. The van der Waals surface area contributed by atoms with Crippen LogP contribution in [0.4, 0.5) is 0 Å². The molecule has 0 bridgehead atoms. The van der Waals surface area contributed by atoms with Gasteiger partial charge >= 0.3 is 0 Å². The van der Waals surface area contributed by atoms with Crippen molar-refractivity contribution in [2.45, 2.75) is 31.8 Å². The predicted molar refractivity (Wildman–Crippen MR) is 68.4 cm³/mol. The molecular formula is C14H22N2. The monoisotopic (exact) mass is 218 g/mol. The molecule has 88 valence electrons. The van der Waals surface area contributed by atoms with Crippen molar-refractivity contribution in [3.8, 4) is 0 Å². The van der Waals surface area contributed by atoms with E-state index < -0.39 is 0 Å². The molecule has 0 unspecified atom stereocenters. The number of hydrogen-bond donors (Lipinski definition) is 1. The zero-order chi connectivity index (χ0) is 11.4. The summed E-state index contributed by atoms with van der Waals surface area (Å²) in [4.78, 5) is 2.55. The summed E-state index contributed by atoms with van der Waals surface area (Å²) in [5.74, 6) is 0. The number of hydrogen-bond acceptors (Lipinski definition) is 2. The maximum Gasteiger partial charge on any atom is 0.0278 e. The highest BCUT2D eigenvalue weighted by Crippen LogP contribution is 2.21. The van der Waals surface area contributed by atoms with Crippen LogP contribution < -0.4 is 5.32 Å². The van der Waals surface area contributed by atoms with Gasteiger partial charge in [-0.1, -0.05) is 30.3 Å². The molecule has 1 heterocycles. The normalized spacial score (nSPS) is 26.9. The molecule has 1 aliphatic rings. The first kappa shape index (κ1) is 11.6. The first-order valence-electron chi connectivity index (χ1n) is 6.17. The summed E-state index contributed by atoms with van der Waals surface area (Å²) in [5.41, 5.74) is 1.72. The van der Waals surface area contributed by atoms with Crippen LogP contribution in [-0.4, -0.2) is 30.6 Å². The van der Waals surface area contributed by atoms with Gasteiger partial charge in [-0.25, -0.2) is 0 Å². The predicted octanol–water partition coefficient (Wildman–Crippen LogP) is 2.26. The van der Waals surface area contributed by atoms with E-state index in [1.54, 1.807) is 0 Å². The maximum atomic E-state index is 3.45. The van der Waals surface area contributed by atoms with Crippen LogP contribution in [0.3, 0.4) is 0 Å². The molecule has 0 spiro atoms. The second-order valence-electron chi connectivity index (χ2n) is 5.11. The van der Waals surface area contributed by atoms with E-state index in [4.69, 9.17) is 0 Å². The molecule has 1 aliphatic heterocycles. The Balaban J connectivity index is 1.96. The quantitative estimate of drug-likeness (QED) is 0.837. The molecule has 1 saturated heterocycles. The number of piperidine rings is 1. The zero-order valence-electron chi connectivity index (χ0n) is 10.4. The fourth-order valence-corrected chi connectivity index (χ4v) is 2.53. The van der Waals surface area contributed by atoms with E-state index in [-0.39, 0.29) is 0 Å². The van der Waals surface area contributed by atoms with E-state index >= 15 is 0 Å². The average molecular weight is 218 g/mol. The third-order valence-corrected chi connectivity index (χ3v) is 3.63. The molecule has 1 aromatic carbocycles. The molecule has 0 radical (unpaired) electrons. The SMILES string of the molecule is CN[C@]1(C)CCCN(Cc2ccccc2)C1. The summed E-state index contributed by atoms with van der Waals surface area (Å²) < 4.78 is 0. The summed E-state index contributed by atoms with van der Waals surface area (Å²) >= 11 is 0. The van der Waals surface area contributed by atoms with Crippen molar-refractivity contribution in [3.05, 3.63) is 35.9 Å². The molecule has 1 N–H and O–H groups in total. The van der Waals surface area contributed by atoms with Crippen LogP contribution in [0.15, 0.2) is 30.3 Å². The third kappa shape index (κ3) is 2.83. The van der Waals surface area contributed by atoms with Gasteiger partial charge in [-0.3, -0.25) is 4.90 Å². The van der Waals surface area contributed by atoms with Crippen LogP contribution in [0.2, 0.25) is 0 Å². The fraction of sp³-hybridized carbons (Fsp3) is 0.571. The fourth-order valence-electron chi connectivity index (χ4n) is 2.53. The van der Waals surface area contributed by atoms with Crippen LogP contribution in [0.1, 0.15) is 25.3 Å². The van der Waals surface area contributed by atoms with Gasteiger partial charge in [0, 0.05) is 18.6 Å². The molecule has 2 rings (SSSR count). The van der Waals surface area contributed by atoms with E-state index in [2.05, 4.69) is 54.5 Å². The van der Waals surface area contributed by atoms with Gasteiger partial charge in [-0.05, 0) is 38.9 Å². The Bertz CT molecular complexity index is 323. The average Bonchev–Trinajstić information content (AvgIpc) is 2.30. The van der Waals surface area contributed by atoms with E-state index in [9.17, 15) is 0 Å². The Labute approximate surface area is 98.7 Å². The number of rotatable bonds is 3. The number of nitrogens with one attached hydrogen (secondary N) is 1. The van der Waals surface area contributed by atoms with Crippen molar-refractivity contribution in [2.75, 3.05) is 20.1 Å². The lowest BCUT2D eigenvalue weighted by atomic mass is 9.91. The topological polar surface area (TPSA) is 15.3 Å². The van der Waals surface area contributed by atoms with Crippen molar-refractivity contribution in [3.63, 3.8) is 0 Å². The van der Waals surface area contributed by atoms with Crippen LogP contribution in [0.5, 0.6) is 0 Å². The van der Waals surface area contributed by atoms with Crippen LogP contribution in [-0.2, 0) is 6.54 Å². The molecular weight excluding hydrogens is 196 g/mol. The maximum absolute atomic E-state index is 3.45. The largest absolute Gasteiger partial charge is 0.313 e. The van der Waals surface area contributed by atoms with Gasteiger partial charge in [0.15, 0.2) is 0 Å². The van der Waals surface area contributed by atoms with E-state index in [1.165, 1.54) is 24.9 Å². The van der Waals surface area contributed by atoms with Crippen molar-refractivity contribution in [1.82, 2.24) is 10.2 Å². The molecule has 2 heteroatoms. The van der Waals surface area contributed by atoms with Gasteiger partial charge in [-0.2, -0.15) is 0 Å². The standard InChI is InChI=1S/C14H22N2/c1-14(15-2)9-6-10-16(12-14)11-13-7-4-3-5-8-13/h3-5,7-8,15H,6,9-12H2,1-2H3/t14-/m1/s1. The minimum absolute atomic E-state index is 0.299. The van der Waals surface area contributed by atoms with Gasteiger partial charge < -0.3 is 5.32 Å². The molecule has 1 fully saturated rings. The summed E-state index contributed by atoms with van der Waals surface area (Å²) in [6.07, 6.45) is 2.58. The number of nitrogens with zero attached hydrogens (tertiary/aromatic N) is 1. The Morgan fingerprint density at radius 1 is 1.31 bits per heavy atom. The summed E-state index contributed by atoms with van der Waals surface area (Å²) in [6.45, 7) is 5.78. The van der Waals surface area contributed by atoms with Crippen LogP contribution in [0.25, 0.3) is 0 Å². The molecule has 16 heavy (non-hydrogen) atoms.